The van der Waals surface area contributed by atoms with Crippen molar-refractivity contribution in [3.05, 3.63) is 60.0 Å². The highest BCUT2D eigenvalue weighted by Crippen LogP contribution is 2.37. The molecular weight excluding hydrogens is 374 g/mol. The van der Waals surface area contributed by atoms with Crippen molar-refractivity contribution in [1.29, 1.82) is 0 Å². The standard InChI is InChI=1S/C20H15N5O4/c1-2-13(8-21-5-1)19-22-20(29-24-19)15-7-14-10-26-18(9-25(14)23-15)12-3-4-16-17(6-12)28-11-27-16/h1-8,18H,9-11H2/t18-/m0/s1. The van der Waals surface area contributed by atoms with Crippen molar-refractivity contribution in [3.63, 3.8) is 0 Å². The molecule has 3 aromatic heterocycles. The molecule has 0 amide bonds. The minimum atomic E-state index is -0.126. The molecule has 0 bridgehead atoms. The van der Waals surface area contributed by atoms with Crippen molar-refractivity contribution in [2.45, 2.75) is 19.3 Å². The summed E-state index contributed by atoms with van der Waals surface area (Å²) in [6.45, 7) is 1.27. The molecule has 1 atom stereocenters. The first-order valence-electron chi connectivity index (χ1n) is 9.16. The Morgan fingerprint density at radius 2 is 2.03 bits per heavy atom. The monoisotopic (exact) mass is 389 g/mol. The van der Waals surface area contributed by atoms with Crippen molar-refractivity contribution in [2.75, 3.05) is 6.79 Å². The molecule has 2 aliphatic rings. The van der Waals surface area contributed by atoms with E-state index < -0.39 is 0 Å². The summed E-state index contributed by atoms with van der Waals surface area (Å²) in [5.74, 6) is 2.35. The number of ether oxygens (including phenoxy) is 3. The Bertz CT molecular complexity index is 1190. The Balaban J connectivity index is 1.26. The van der Waals surface area contributed by atoms with Gasteiger partial charge >= 0.3 is 0 Å². The topological polar surface area (TPSA) is 97.3 Å². The molecule has 0 aliphatic carbocycles. The molecule has 0 fully saturated rings. The number of aromatic nitrogens is 5. The molecule has 2 aliphatic heterocycles. The number of pyridine rings is 1. The van der Waals surface area contributed by atoms with Crippen molar-refractivity contribution in [2.24, 2.45) is 0 Å². The summed E-state index contributed by atoms with van der Waals surface area (Å²) in [5, 5.41) is 8.68. The third-order valence-electron chi connectivity index (χ3n) is 4.97. The van der Waals surface area contributed by atoms with Gasteiger partial charge in [0.15, 0.2) is 17.2 Å². The summed E-state index contributed by atoms with van der Waals surface area (Å²) >= 11 is 0. The average Bonchev–Trinajstić information content (AvgIpc) is 3.52. The van der Waals surface area contributed by atoms with Crippen LogP contribution >= 0.6 is 0 Å². The van der Waals surface area contributed by atoms with Crippen LogP contribution in [-0.2, 0) is 17.9 Å². The maximum Gasteiger partial charge on any atom is 0.278 e. The molecule has 9 nitrogen and oxygen atoms in total. The molecule has 1 aromatic carbocycles. The van der Waals surface area contributed by atoms with Gasteiger partial charge in [-0.05, 0) is 35.9 Å². The Labute approximate surface area is 164 Å². The van der Waals surface area contributed by atoms with E-state index in [2.05, 4.69) is 20.2 Å². The minimum absolute atomic E-state index is 0.126. The van der Waals surface area contributed by atoms with E-state index in [1.54, 1.807) is 12.4 Å². The van der Waals surface area contributed by atoms with E-state index in [9.17, 15) is 0 Å². The molecule has 0 spiro atoms. The summed E-state index contributed by atoms with van der Waals surface area (Å²) < 4.78 is 24.2. The van der Waals surface area contributed by atoms with Crippen molar-refractivity contribution < 1.29 is 18.7 Å². The highest BCUT2D eigenvalue weighted by atomic mass is 16.7. The van der Waals surface area contributed by atoms with Crippen LogP contribution in [0.2, 0.25) is 0 Å². The molecule has 29 heavy (non-hydrogen) atoms. The fraction of sp³-hybridized carbons (Fsp3) is 0.200. The summed E-state index contributed by atoms with van der Waals surface area (Å²) in [4.78, 5) is 8.53. The molecule has 0 saturated carbocycles. The van der Waals surface area contributed by atoms with Gasteiger partial charge in [0.2, 0.25) is 12.6 Å². The maximum absolute atomic E-state index is 6.04. The Morgan fingerprint density at radius 1 is 1.07 bits per heavy atom. The zero-order chi connectivity index (χ0) is 19.2. The average molecular weight is 389 g/mol. The first-order chi connectivity index (χ1) is 14.3. The van der Waals surface area contributed by atoms with Crippen LogP contribution in [0.15, 0.2) is 53.3 Å². The number of rotatable bonds is 3. The highest BCUT2D eigenvalue weighted by Gasteiger charge is 2.26. The van der Waals surface area contributed by atoms with Crippen LogP contribution in [0.5, 0.6) is 11.5 Å². The van der Waals surface area contributed by atoms with Gasteiger partial charge in [-0.25, -0.2) is 0 Å². The summed E-state index contributed by atoms with van der Waals surface area (Å²) in [5.41, 5.74) is 3.39. The molecule has 9 heteroatoms. The number of benzene rings is 1. The Morgan fingerprint density at radius 3 is 2.97 bits per heavy atom. The fourth-order valence-corrected chi connectivity index (χ4v) is 3.48. The van der Waals surface area contributed by atoms with E-state index in [-0.39, 0.29) is 12.9 Å². The van der Waals surface area contributed by atoms with Gasteiger partial charge in [-0.1, -0.05) is 11.2 Å². The van der Waals surface area contributed by atoms with E-state index in [1.165, 1.54) is 0 Å². The molecule has 0 saturated heterocycles. The van der Waals surface area contributed by atoms with Crippen molar-refractivity contribution in [1.82, 2.24) is 24.9 Å². The van der Waals surface area contributed by atoms with Crippen LogP contribution in [0.25, 0.3) is 23.0 Å². The van der Waals surface area contributed by atoms with E-state index in [0.717, 1.165) is 28.3 Å². The lowest BCUT2D eigenvalue weighted by Gasteiger charge is -2.24. The third-order valence-corrected chi connectivity index (χ3v) is 4.97. The Hall–Kier alpha value is -3.72. The number of hydrogen-bond donors (Lipinski definition) is 0. The van der Waals surface area contributed by atoms with Gasteiger partial charge in [-0.2, -0.15) is 10.1 Å². The van der Waals surface area contributed by atoms with Crippen LogP contribution in [0, 0.1) is 0 Å². The summed E-state index contributed by atoms with van der Waals surface area (Å²) in [6.07, 6.45) is 3.26. The predicted molar refractivity (Wildman–Crippen MR) is 98.8 cm³/mol. The van der Waals surface area contributed by atoms with Crippen LogP contribution in [0.4, 0.5) is 0 Å². The van der Waals surface area contributed by atoms with Gasteiger partial charge in [-0.15, -0.1) is 0 Å². The lowest BCUT2D eigenvalue weighted by atomic mass is 10.1. The second-order valence-corrected chi connectivity index (χ2v) is 6.78. The second-order valence-electron chi connectivity index (χ2n) is 6.78. The highest BCUT2D eigenvalue weighted by molar-refractivity contribution is 5.56. The first kappa shape index (κ1) is 16.3. The lowest BCUT2D eigenvalue weighted by molar-refractivity contribution is -0.00122. The van der Waals surface area contributed by atoms with Crippen LogP contribution < -0.4 is 9.47 Å². The molecule has 0 radical (unpaired) electrons. The van der Waals surface area contributed by atoms with E-state index in [0.29, 0.717) is 30.6 Å². The van der Waals surface area contributed by atoms with E-state index in [1.807, 2.05) is 41.1 Å². The third kappa shape index (κ3) is 2.83. The van der Waals surface area contributed by atoms with E-state index >= 15 is 0 Å². The summed E-state index contributed by atoms with van der Waals surface area (Å²) in [6, 6.07) is 11.5. The first-order valence-corrected chi connectivity index (χ1v) is 9.16. The molecule has 0 N–H and O–H groups in total. The molecule has 6 rings (SSSR count). The van der Waals surface area contributed by atoms with Crippen molar-refractivity contribution in [3.8, 4) is 34.5 Å². The van der Waals surface area contributed by atoms with Gasteiger partial charge in [0.1, 0.15) is 6.10 Å². The van der Waals surface area contributed by atoms with Gasteiger partial charge < -0.3 is 18.7 Å². The Kier molecular flexibility index (Phi) is 3.60. The normalized spacial score (nSPS) is 17.3. The van der Waals surface area contributed by atoms with Crippen LogP contribution in [0.1, 0.15) is 17.4 Å². The smallest absolute Gasteiger partial charge is 0.278 e. The van der Waals surface area contributed by atoms with Crippen molar-refractivity contribution >= 4 is 0 Å². The zero-order valence-corrected chi connectivity index (χ0v) is 15.2. The van der Waals surface area contributed by atoms with Gasteiger partial charge in [0.05, 0.1) is 18.8 Å². The second kappa shape index (κ2) is 6.42. The molecule has 144 valence electrons. The molecular formula is C20H15N5O4. The van der Waals surface area contributed by atoms with Crippen LogP contribution in [0.3, 0.4) is 0 Å². The SMILES string of the molecule is c1cncc(-c2noc(-c3cc4n(n3)C[C@@H](c3ccc5c(c3)OCO5)OC4)n2)c1. The summed E-state index contributed by atoms with van der Waals surface area (Å²) in [7, 11) is 0. The zero-order valence-electron chi connectivity index (χ0n) is 15.2. The molecule has 0 unspecified atom stereocenters. The lowest BCUT2D eigenvalue weighted by Crippen LogP contribution is -2.21. The number of nitrogens with zero attached hydrogens (tertiary/aromatic N) is 5. The van der Waals surface area contributed by atoms with E-state index in [4.69, 9.17) is 18.7 Å². The predicted octanol–water partition coefficient (Wildman–Crippen LogP) is 3.00. The number of hydrogen-bond acceptors (Lipinski definition) is 8. The quantitative estimate of drug-likeness (QED) is 0.527. The number of fused-ring (bicyclic) bond motifs is 2. The molecule has 4 aromatic rings. The largest absolute Gasteiger partial charge is 0.454 e. The maximum atomic E-state index is 6.04. The molecule has 5 heterocycles. The minimum Gasteiger partial charge on any atom is -0.454 e. The fourth-order valence-electron chi connectivity index (χ4n) is 3.48. The van der Waals surface area contributed by atoms with Gasteiger partial charge in [-0.3, -0.25) is 9.67 Å². The van der Waals surface area contributed by atoms with Gasteiger partial charge in [0, 0.05) is 18.0 Å². The van der Waals surface area contributed by atoms with Gasteiger partial charge in [0.25, 0.3) is 5.89 Å². The van der Waals surface area contributed by atoms with Crippen LogP contribution in [-0.4, -0.2) is 31.7 Å².